The number of carbonyl (C=O) groups is 1. The number of rotatable bonds is 8. The Morgan fingerprint density at radius 2 is 2.04 bits per heavy atom. The maximum atomic E-state index is 12.2. The number of aliphatic hydroxyl groups is 1. The Balaban J connectivity index is 1.66. The van der Waals surface area contributed by atoms with Gasteiger partial charge in [-0.05, 0) is 19.4 Å². The first kappa shape index (κ1) is 19.6. The summed E-state index contributed by atoms with van der Waals surface area (Å²) in [7, 11) is 0. The van der Waals surface area contributed by atoms with Crippen LogP contribution in [0, 0.1) is 6.92 Å². The normalized spacial score (nSPS) is 11.8. The van der Waals surface area contributed by atoms with E-state index in [0.717, 1.165) is 16.8 Å². The van der Waals surface area contributed by atoms with E-state index >= 15 is 0 Å². The van der Waals surface area contributed by atoms with E-state index in [2.05, 4.69) is 15.5 Å². The van der Waals surface area contributed by atoms with Gasteiger partial charge < -0.3 is 19.7 Å². The zero-order valence-corrected chi connectivity index (χ0v) is 15.9. The molecule has 0 spiro atoms. The lowest BCUT2D eigenvalue weighted by Crippen LogP contribution is -2.36. The molecular formula is C21H23N3O4. The highest BCUT2D eigenvalue weighted by Crippen LogP contribution is 2.26. The fraction of sp³-hybridized carbons (Fsp3) is 0.286. The molecule has 146 valence electrons. The van der Waals surface area contributed by atoms with Crippen LogP contribution in [0.5, 0.6) is 5.88 Å². The lowest BCUT2D eigenvalue weighted by molar-refractivity contribution is 0.0914. The van der Waals surface area contributed by atoms with Crippen molar-refractivity contribution < 1.29 is 19.2 Å². The zero-order chi connectivity index (χ0) is 19.9. The number of nitrogens with zero attached hydrogens (tertiary/aromatic N) is 2. The van der Waals surface area contributed by atoms with Crippen molar-refractivity contribution in [1.82, 2.24) is 15.5 Å². The van der Waals surface area contributed by atoms with Gasteiger partial charge in [0.1, 0.15) is 18.1 Å². The van der Waals surface area contributed by atoms with Gasteiger partial charge in [-0.15, -0.1) is 0 Å². The number of aromatic nitrogens is 2. The summed E-state index contributed by atoms with van der Waals surface area (Å²) in [6.45, 7) is 3.89. The molecule has 3 rings (SSSR count). The second kappa shape index (κ2) is 9.14. The first-order valence-electron chi connectivity index (χ1n) is 9.13. The standard InChI is InChI=1S/C21H23N3O4/c1-3-17(12-25)23-21(26)16-9-10-19(22-11-16)27-13-18-14(2)28-24-20(18)15-7-5-4-6-8-15/h4-11,17,25H,3,12-13H2,1-2H3,(H,23,26)/t17-/m1/s1. The summed E-state index contributed by atoms with van der Waals surface area (Å²) in [4.78, 5) is 16.3. The SMILES string of the molecule is CC[C@H](CO)NC(=O)c1ccc(OCc2c(-c3ccccc3)noc2C)nc1. The Kier molecular flexibility index (Phi) is 6.39. The molecule has 0 fully saturated rings. The third-order valence-corrected chi connectivity index (χ3v) is 4.44. The fourth-order valence-electron chi connectivity index (χ4n) is 2.68. The number of benzene rings is 1. The Bertz CT molecular complexity index is 903. The van der Waals surface area contributed by atoms with E-state index in [1.54, 1.807) is 12.1 Å². The van der Waals surface area contributed by atoms with E-state index in [9.17, 15) is 9.90 Å². The van der Waals surface area contributed by atoms with E-state index in [0.29, 0.717) is 23.6 Å². The Labute approximate surface area is 163 Å². The molecule has 3 aromatic rings. The number of aliphatic hydroxyl groups excluding tert-OH is 1. The van der Waals surface area contributed by atoms with Crippen molar-refractivity contribution in [3.63, 3.8) is 0 Å². The summed E-state index contributed by atoms with van der Waals surface area (Å²) >= 11 is 0. The Morgan fingerprint density at radius 1 is 1.25 bits per heavy atom. The van der Waals surface area contributed by atoms with Crippen LogP contribution in [0.25, 0.3) is 11.3 Å². The lowest BCUT2D eigenvalue weighted by Gasteiger charge is -2.13. The number of pyridine rings is 1. The molecule has 28 heavy (non-hydrogen) atoms. The molecule has 0 aliphatic heterocycles. The summed E-state index contributed by atoms with van der Waals surface area (Å²) in [5, 5.41) is 16.1. The van der Waals surface area contributed by atoms with Crippen molar-refractivity contribution >= 4 is 5.91 Å². The van der Waals surface area contributed by atoms with Crippen molar-refractivity contribution in [2.24, 2.45) is 0 Å². The van der Waals surface area contributed by atoms with Gasteiger partial charge in [0, 0.05) is 17.8 Å². The third-order valence-electron chi connectivity index (χ3n) is 4.44. The van der Waals surface area contributed by atoms with Crippen molar-refractivity contribution in [2.75, 3.05) is 6.61 Å². The predicted molar refractivity (Wildman–Crippen MR) is 104 cm³/mol. The Morgan fingerprint density at radius 3 is 2.68 bits per heavy atom. The summed E-state index contributed by atoms with van der Waals surface area (Å²) in [5.41, 5.74) is 2.95. The minimum atomic E-state index is -0.277. The van der Waals surface area contributed by atoms with Gasteiger partial charge >= 0.3 is 0 Å². The second-order valence-electron chi connectivity index (χ2n) is 6.37. The molecule has 2 N–H and O–H groups in total. The van der Waals surface area contributed by atoms with Crippen molar-refractivity contribution in [3.05, 3.63) is 65.5 Å². The van der Waals surface area contributed by atoms with Gasteiger partial charge in [-0.1, -0.05) is 42.4 Å². The first-order chi connectivity index (χ1) is 13.6. The van der Waals surface area contributed by atoms with E-state index in [4.69, 9.17) is 9.26 Å². The monoisotopic (exact) mass is 381 g/mol. The van der Waals surface area contributed by atoms with Crippen LogP contribution in [-0.2, 0) is 6.61 Å². The molecule has 0 aliphatic carbocycles. The molecular weight excluding hydrogens is 358 g/mol. The highest BCUT2D eigenvalue weighted by atomic mass is 16.5. The Hall–Kier alpha value is -3.19. The highest BCUT2D eigenvalue weighted by molar-refractivity contribution is 5.94. The van der Waals surface area contributed by atoms with Crippen LogP contribution in [0.15, 0.2) is 53.2 Å². The molecule has 0 radical (unpaired) electrons. The van der Waals surface area contributed by atoms with Gasteiger partial charge in [-0.3, -0.25) is 4.79 Å². The van der Waals surface area contributed by atoms with Crippen LogP contribution in [0.4, 0.5) is 0 Å². The van der Waals surface area contributed by atoms with Crippen LogP contribution in [0.2, 0.25) is 0 Å². The van der Waals surface area contributed by atoms with E-state index in [-0.39, 0.29) is 25.2 Å². The van der Waals surface area contributed by atoms with Gasteiger partial charge in [0.05, 0.1) is 23.8 Å². The van der Waals surface area contributed by atoms with Gasteiger partial charge in [0.15, 0.2) is 0 Å². The minimum absolute atomic E-state index is 0.0985. The molecule has 7 heteroatoms. The van der Waals surface area contributed by atoms with Gasteiger partial charge in [0.2, 0.25) is 5.88 Å². The van der Waals surface area contributed by atoms with Crippen LogP contribution in [-0.4, -0.2) is 33.8 Å². The average molecular weight is 381 g/mol. The third kappa shape index (κ3) is 4.55. The van der Waals surface area contributed by atoms with Gasteiger partial charge in [0.25, 0.3) is 5.91 Å². The molecule has 2 aromatic heterocycles. The zero-order valence-electron chi connectivity index (χ0n) is 15.9. The number of ether oxygens (including phenoxy) is 1. The second-order valence-corrected chi connectivity index (χ2v) is 6.37. The summed E-state index contributed by atoms with van der Waals surface area (Å²) < 4.78 is 11.1. The van der Waals surface area contributed by atoms with Crippen molar-refractivity contribution in [1.29, 1.82) is 0 Å². The van der Waals surface area contributed by atoms with Gasteiger partial charge in [-0.2, -0.15) is 0 Å². The predicted octanol–water partition coefficient (Wildman–Crippen LogP) is 3.12. The number of amides is 1. The largest absolute Gasteiger partial charge is 0.473 e. The van der Waals surface area contributed by atoms with Crippen molar-refractivity contribution in [3.8, 4) is 17.1 Å². The molecule has 7 nitrogen and oxygen atoms in total. The molecule has 0 aliphatic rings. The smallest absolute Gasteiger partial charge is 0.253 e. The van der Waals surface area contributed by atoms with Crippen LogP contribution >= 0.6 is 0 Å². The molecule has 1 amide bonds. The summed E-state index contributed by atoms with van der Waals surface area (Å²) in [6, 6.07) is 12.8. The molecule has 1 aromatic carbocycles. The molecule has 0 saturated carbocycles. The molecule has 0 bridgehead atoms. The van der Waals surface area contributed by atoms with E-state index in [1.807, 2.05) is 44.2 Å². The topological polar surface area (TPSA) is 97.5 Å². The van der Waals surface area contributed by atoms with E-state index < -0.39 is 0 Å². The van der Waals surface area contributed by atoms with E-state index in [1.165, 1.54) is 6.20 Å². The molecule has 0 saturated heterocycles. The average Bonchev–Trinajstić information content (AvgIpc) is 3.11. The first-order valence-corrected chi connectivity index (χ1v) is 9.13. The summed E-state index contributed by atoms with van der Waals surface area (Å²) in [5.74, 6) is 0.802. The number of hydrogen-bond donors (Lipinski definition) is 2. The number of aryl methyl sites for hydroxylation is 1. The molecule has 1 atom stereocenters. The minimum Gasteiger partial charge on any atom is -0.473 e. The maximum absolute atomic E-state index is 12.2. The number of hydrogen-bond acceptors (Lipinski definition) is 6. The van der Waals surface area contributed by atoms with Gasteiger partial charge in [-0.25, -0.2) is 4.98 Å². The molecule has 2 heterocycles. The quantitative estimate of drug-likeness (QED) is 0.622. The number of nitrogens with one attached hydrogen (secondary N) is 1. The van der Waals surface area contributed by atoms with Crippen LogP contribution < -0.4 is 10.1 Å². The highest BCUT2D eigenvalue weighted by Gasteiger charge is 2.16. The number of carbonyl (C=O) groups excluding carboxylic acids is 1. The van der Waals surface area contributed by atoms with Crippen LogP contribution in [0.3, 0.4) is 0 Å². The maximum Gasteiger partial charge on any atom is 0.253 e. The molecule has 0 unspecified atom stereocenters. The van der Waals surface area contributed by atoms with Crippen LogP contribution in [0.1, 0.15) is 35.0 Å². The summed E-state index contributed by atoms with van der Waals surface area (Å²) in [6.07, 6.45) is 2.10. The fourth-order valence-corrected chi connectivity index (χ4v) is 2.68. The van der Waals surface area contributed by atoms with Crippen molar-refractivity contribution in [2.45, 2.75) is 32.9 Å². The lowest BCUT2D eigenvalue weighted by atomic mass is 10.1.